The number of aromatic nitrogens is 5. The van der Waals surface area contributed by atoms with E-state index < -0.39 is 6.09 Å². The van der Waals surface area contributed by atoms with Crippen LogP contribution in [0.2, 0.25) is 5.02 Å². The van der Waals surface area contributed by atoms with Crippen molar-refractivity contribution in [3.8, 4) is 22.5 Å². The molecular weight excluding hydrogens is 440 g/mol. The lowest BCUT2D eigenvalue weighted by molar-refractivity contribution is -0.0775. The van der Waals surface area contributed by atoms with Crippen LogP contribution in [-0.4, -0.2) is 54.2 Å². The van der Waals surface area contributed by atoms with Crippen molar-refractivity contribution in [3.63, 3.8) is 0 Å². The lowest BCUT2D eigenvalue weighted by Gasteiger charge is -2.58. The second-order valence-electron chi connectivity index (χ2n) is 9.38. The van der Waals surface area contributed by atoms with Crippen LogP contribution in [0.25, 0.3) is 33.4 Å². The van der Waals surface area contributed by atoms with E-state index in [1.54, 1.807) is 6.20 Å². The number of halogens is 1. The predicted octanol–water partition coefficient (Wildman–Crippen LogP) is 5.07. The minimum Gasteiger partial charge on any atom is -0.465 e. The number of amides is 1. The summed E-state index contributed by atoms with van der Waals surface area (Å²) in [5.74, 6) is 0. The number of rotatable bonds is 3. The van der Waals surface area contributed by atoms with Crippen LogP contribution < -0.4 is 0 Å². The third-order valence-electron chi connectivity index (χ3n) is 7.18. The van der Waals surface area contributed by atoms with Crippen LogP contribution in [0.1, 0.15) is 30.1 Å². The van der Waals surface area contributed by atoms with Crippen LogP contribution in [0.3, 0.4) is 0 Å². The Kier molecular flexibility index (Phi) is 4.32. The number of fused-ring (bicyclic) bond motifs is 1. The summed E-state index contributed by atoms with van der Waals surface area (Å²) in [7, 11) is 0. The van der Waals surface area contributed by atoms with Crippen molar-refractivity contribution in [3.05, 3.63) is 52.9 Å². The number of hydrogen-bond donors (Lipinski definition) is 2. The lowest BCUT2D eigenvalue weighted by Crippen LogP contribution is -2.63. The van der Waals surface area contributed by atoms with Crippen molar-refractivity contribution < 1.29 is 9.90 Å². The van der Waals surface area contributed by atoms with Crippen molar-refractivity contribution >= 4 is 28.6 Å². The molecule has 1 aromatic carbocycles. The molecule has 9 heteroatoms. The van der Waals surface area contributed by atoms with Gasteiger partial charge in [0, 0.05) is 46.9 Å². The lowest BCUT2D eigenvalue weighted by atomic mass is 9.61. The number of likely N-dealkylation sites (tertiary alicyclic amines) is 1. The Morgan fingerprint density at radius 3 is 2.73 bits per heavy atom. The van der Waals surface area contributed by atoms with E-state index in [-0.39, 0.29) is 11.5 Å². The monoisotopic (exact) mass is 462 g/mol. The van der Waals surface area contributed by atoms with Crippen molar-refractivity contribution in [2.24, 2.45) is 5.41 Å². The highest BCUT2D eigenvalue weighted by atomic mass is 35.5. The van der Waals surface area contributed by atoms with Gasteiger partial charge in [0.05, 0.1) is 28.5 Å². The van der Waals surface area contributed by atoms with E-state index in [0.29, 0.717) is 18.1 Å². The summed E-state index contributed by atoms with van der Waals surface area (Å²) < 4.78 is 2.10. The molecule has 1 saturated carbocycles. The molecule has 3 aromatic heterocycles. The molecule has 2 N–H and O–H groups in total. The van der Waals surface area contributed by atoms with Gasteiger partial charge in [-0.1, -0.05) is 17.7 Å². The van der Waals surface area contributed by atoms with Crippen LogP contribution in [0, 0.1) is 19.3 Å². The molecule has 0 atom stereocenters. The fourth-order valence-electron chi connectivity index (χ4n) is 5.57. The topological polar surface area (TPSA) is 99.9 Å². The number of benzene rings is 1. The summed E-state index contributed by atoms with van der Waals surface area (Å²) in [5, 5.41) is 23.2. The van der Waals surface area contributed by atoms with E-state index in [0.717, 1.165) is 57.5 Å². The molecule has 1 spiro atoms. The van der Waals surface area contributed by atoms with Gasteiger partial charge in [-0.15, -0.1) is 0 Å². The summed E-state index contributed by atoms with van der Waals surface area (Å²) >= 11 is 6.89. The highest BCUT2D eigenvalue weighted by Crippen LogP contribution is 2.55. The van der Waals surface area contributed by atoms with Crippen molar-refractivity contribution in [2.45, 2.75) is 32.7 Å². The van der Waals surface area contributed by atoms with Gasteiger partial charge >= 0.3 is 6.09 Å². The fraction of sp³-hybridized carbons (Fsp3) is 0.333. The third-order valence-corrected chi connectivity index (χ3v) is 7.67. The molecule has 168 valence electrons. The number of hydrogen-bond acceptors (Lipinski definition) is 4. The van der Waals surface area contributed by atoms with Gasteiger partial charge in [0.15, 0.2) is 0 Å². The second-order valence-corrected chi connectivity index (χ2v) is 9.76. The first kappa shape index (κ1) is 20.2. The number of carboxylic acid groups (broad SMARTS) is 1. The van der Waals surface area contributed by atoms with Crippen molar-refractivity contribution in [1.29, 1.82) is 0 Å². The Hall–Kier alpha value is -3.39. The first-order chi connectivity index (χ1) is 15.9. The molecule has 33 heavy (non-hydrogen) atoms. The Morgan fingerprint density at radius 2 is 2.03 bits per heavy atom. The molecule has 2 aliphatic rings. The zero-order valence-corrected chi connectivity index (χ0v) is 19.1. The molecule has 4 heterocycles. The molecule has 1 saturated heterocycles. The van der Waals surface area contributed by atoms with E-state index in [9.17, 15) is 9.90 Å². The van der Waals surface area contributed by atoms with Gasteiger partial charge in [0.1, 0.15) is 5.69 Å². The first-order valence-electron chi connectivity index (χ1n) is 11.0. The number of H-pyrrole nitrogens is 1. The van der Waals surface area contributed by atoms with Crippen LogP contribution in [0.5, 0.6) is 0 Å². The zero-order valence-electron chi connectivity index (χ0n) is 18.3. The molecule has 0 bridgehead atoms. The van der Waals surface area contributed by atoms with Gasteiger partial charge in [-0.2, -0.15) is 10.2 Å². The Balaban J connectivity index is 1.48. The summed E-state index contributed by atoms with van der Waals surface area (Å²) in [5.41, 5.74) is 6.48. The van der Waals surface area contributed by atoms with Crippen LogP contribution >= 0.6 is 11.6 Å². The summed E-state index contributed by atoms with van der Waals surface area (Å²) in [6.07, 6.45) is 4.58. The number of pyridine rings is 1. The van der Waals surface area contributed by atoms with E-state index >= 15 is 0 Å². The average molecular weight is 463 g/mol. The molecule has 4 aromatic rings. The van der Waals surface area contributed by atoms with Crippen LogP contribution in [0.15, 0.2) is 36.7 Å². The second kappa shape index (κ2) is 7.05. The minimum absolute atomic E-state index is 0.0889. The Morgan fingerprint density at radius 1 is 1.24 bits per heavy atom. The highest BCUT2D eigenvalue weighted by molar-refractivity contribution is 6.36. The smallest absolute Gasteiger partial charge is 0.407 e. The van der Waals surface area contributed by atoms with Crippen molar-refractivity contribution in [1.82, 2.24) is 29.9 Å². The maximum absolute atomic E-state index is 11.2. The van der Waals surface area contributed by atoms with Crippen LogP contribution in [-0.2, 0) is 0 Å². The third kappa shape index (κ3) is 2.97. The zero-order chi connectivity index (χ0) is 22.9. The average Bonchev–Trinajstić information content (AvgIpc) is 3.32. The van der Waals surface area contributed by atoms with Crippen molar-refractivity contribution in [2.75, 3.05) is 13.1 Å². The molecule has 1 aliphatic heterocycles. The molecule has 1 aliphatic carbocycles. The number of aromatic amines is 1. The largest absolute Gasteiger partial charge is 0.465 e. The van der Waals surface area contributed by atoms with E-state index in [1.165, 1.54) is 4.90 Å². The molecular formula is C24H23ClN6O2. The fourth-order valence-corrected chi connectivity index (χ4v) is 5.82. The Labute approximate surface area is 195 Å². The maximum Gasteiger partial charge on any atom is 0.407 e. The summed E-state index contributed by atoms with van der Waals surface area (Å²) in [4.78, 5) is 17.3. The molecule has 8 nitrogen and oxygen atoms in total. The van der Waals surface area contributed by atoms with E-state index in [4.69, 9.17) is 16.7 Å². The summed E-state index contributed by atoms with van der Waals surface area (Å²) in [6, 6.07) is 8.04. The van der Waals surface area contributed by atoms with Gasteiger partial charge < -0.3 is 10.0 Å². The number of carbonyl (C=O) groups is 1. The van der Waals surface area contributed by atoms with E-state index in [1.807, 2.05) is 37.4 Å². The van der Waals surface area contributed by atoms with Gasteiger partial charge in [0.25, 0.3) is 0 Å². The predicted molar refractivity (Wildman–Crippen MR) is 125 cm³/mol. The number of nitrogens with one attached hydrogen (secondary N) is 1. The SMILES string of the molecule is Cc1cc2[nH]ncc2c(-c2c(-c3ccccn3)nn(C3CC4(C3)CN(C(=O)O)C4)c2C)c1Cl. The molecule has 0 radical (unpaired) electrons. The standard InChI is InChI=1S/C24H23ClN6O2/c1-13-7-18-16(10-27-28-18)20(21(13)25)19-14(2)31(29-22(19)17-5-3-4-6-26-17)15-8-24(9-15)11-30(12-24)23(32)33/h3-7,10,15H,8-9,11-12H2,1-2H3,(H,27,28)(H,32,33). The highest BCUT2D eigenvalue weighted by Gasteiger charge is 2.55. The van der Waals surface area contributed by atoms with Gasteiger partial charge in [-0.25, -0.2) is 4.79 Å². The molecule has 1 amide bonds. The molecule has 2 fully saturated rings. The van der Waals surface area contributed by atoms with Crippen LogP contribution in [0.4, 0.5) is 4.79 Å². The normalized spacial score (nSPS) is 17.4. The van der Waals surface area contributed by atoms with Gasteiger partial charge in [-0.05, 0) is 50.5 Å². The molecule has 6 rings (SSSR count). The van der Waals surface area contributed by atoms with Gasteiger partial charge in [-0.3, -0.25) is 14.8 Å². The van der Waals surface area contributed by atoms with Gasteiger partial charge in [0.2, 0.25) is 0 Å². The maximum atomic E-state index is 11.2. The first-order valence-corrected chi connectivity index (χ1v) is 11.4. The minimum atomic E-state index is -0.836. The summed E-state index contributed by atoms with van der Waals surface area (Å²) in [6.45, 7) is 5.29. The molecule has 0 unspecified atom stereocenters. The number of nitrogens with zero attached hydrogens (tertiary/aromatic N) is 5. The Bertz CT molecular complexity index is 1400. The number of aryl methyl sites for hydroxylation is 1. The quantitative estimate of drug-likeness (QED) is 0.442. The van der Waals surface area contributed by atoms with E-state index in [2.05, 4.69) is 26.8 Å².